The highest BCUT2D eigenvalue weighted by Crippen LogP contribution is 2.24. The average Bonchev–Trinajstić information content (AvgIpc) is 2.38. The van der Waals surface area contributed by atoms with Crippen LogP contribution in [0.2, 0.25) is 0 Å². The second-order valence-electron chi connectivity index (χ2n) is 3.72. The fraction of sp³-hybridized carbons (Fsp3) is 0.500. The predicted octanol–water partition coefficient (Wildman–Crippen LogP) is -0.367. The SMILES string of the molecule is Cc1nnc(SCC(O)CO)c(C(N)=NO)c1C. The van der Waals surface area contributed by atoms with Crippen LogP contribution in [0.3, 0.4) is 0 Å². The smallest absolute Gasteiger partial charge is 0.173 e. The fourth-order valence-electron chi connectivity index (χ4n) is 1.27. The van der Waals surface area contributed by atoms with Crippen LogP contribution < -0.4 is 5.73 Å². The molecule has 0 amide bonds. The highest BCUT2D eigenvalue weighted by atomic mass is 32.2. The molecule has 0 fully saturated rings. The number of amidine groups is 1. The van der Waals surface area contributed by atoms with Crippen LogP contribution in [0.4, 0.5) is 0 Å². The van der Waals surface area contributed by atoms with Gasteiger partial charge in [0.15, 0.2) is 5.84 Å². The third-order valence-corrected chi connectivity index (χ3v) is 3.52. The molecule has 1 heterocycles. The molecule has 0 saturated carbocycles. The second-order valence-corrected chi connectivity index (χ2v) is 4.73. The monoisotopic (exact) mass is 272 g/mol. The first-order chi connectivity index (χ1) is 8.51. The van der Waals surface area contributed by atoms with Crippen LogP contribution in [-0.4, -0.2) is 49.9 Å². The number of rotatable bonds is 5. The number of oxime groups is 1. The van der Waals surface area contributed by atoms with Crippen molar-refractivity contribution in [1.82, 2.24) is 10.2 Å². The number of hydrogen-bond donors (Lipinski definition) is 4. The molecule has 18 heavy (non-hydrogen) atoms. The lowest BCUT2D eigenvalue weighted by Gasteiger charge is -2.12. The summed E-state index contributed by atoms with van der Waals surface area (Å²) in [6.45, 7) is 3.24. The van der Waals surface area contributed by atoms with Crippen LogP contribution >= 0.6 is 11.8 Å². The molecule has 5 N–H and O–H groups in total. The molecule has 0 radical (unpaired) electrons. The summed E-state index contributed by atoms with van der Waals surface area (Å²) in [5.41, 5.74) is 7.56. The topological polar surface area (TPSA) is 125 Å². The van der Waals surface area contributed by atoms with E-state index < -0.39 is 6.10 Å². The maximum absolute atomic E-state index is 9.30. The summed E-state index contributed by atoms with van der Waals surface area (Å²) in [5.74, 6) is 0.200. The number of aromatic nitrogens is 2. The molecular weight excluding hydrogens is 256 g/mol. The van der Waals surface area contributed by atoms with E-state index >= 15 is 0 Å². The van der Waals surface area contributed by atoms with Crippen molar-refractivity contribution in [1.29, 1.82) is 0 Å². The lowest BCUT2D eigenvalue weighted by molar-refractivity contribution is 0.113. The molecule has 0 bridgehead atoms. The average molecular weight is 272 g/mol. The molecule has 0 aromatic carbocycles. The van der Waals surface area contributed by atoms with E-state index in [2.05, 4.69) is 15.4 Å². The van der Waals surface area contributed by atoms with Crippen LogP contribution in [0, 0.1) is 13.8 Å². The lowest BCUT2D eigenvalue weighted by Crippen LogP contribution is -2.20. The summed E-state index contributed by atoms with van der Waals surface area (Å²) in [4.78, 5) is 0. The van der Waals surface area contributed by atoms with Gasteiger partial charge in [-0.25, -0.2) is 0 Å². The summed E-state index contributed by atoms with van der Waals surface area (Å²) in [6.07, 6.45) is -0.849. The Kier molecular flexibility index (Phi) is 5.32. The van der Waals surface area contributed by atoms with Crippen molar-refractivity contribution in [2.75, 3.05) is 12.4 Å². The minimum absolute atomic E-state index is 0.0495. The number of aliphatic hydroxyl groups excluding tert-OH is 2. The molecular formula is C10H16N4O3S. The molecule has 1 unspecified atom stereocenters. The molecule has 7 nitrogen and oxygen atoms in total. The van der Waals surface area contributed by atoms with E-state index in [0.29, 0.717) is 16.3 Å². The summed E-state index contributed by atoms with van der Waals surface area (Å²) in [5, 5.41) is 38.2. The summed E-state index contributed by atoms with van der Waals surface area (Å²) in [7, 11) is 0. The third kappa shape index (κ3) is 3.31. The number of thioether (sulfide) groups is 1. The van der Waals surface area contributed by atoms with E-state index in [0.717, 1.165) is 5.56 Å². The van der Waals surface area contributed by atoms with Crippen LogP contribution in [0.25, 0.3) is 0 Å². The standard InChI is InChI=1S/C10H16N4O3S/c1-5-6(2)12-13-10(8(5)9(11)14-17)18-4-7(16)3-15/h7,15-17H,3-4H2,1-2H3,(H2,11,14). The predicted molar refractivity (Wildman–Crippen MR) is 67.8 cm³/mol. The summed E-state index contributed by atoms with van der Waals surface area (Å²) >= 11 is 1.19. The van der Waals surface area contributed by atoms with Crippen LogP contribution in [0.15, 0.2) is 10.2 Å². The van der Waals surface area contributed by atoms with Crippen molar-refractivity contribution in [3.8, 4) is 0 Å². The molecule has 100 valence electrons. The van der Waals surface area contributed by atoms with Gasteiger partial charge in [0.2, 0.25) is 0 Å². The van der Waals surface area contributed by atoms with Gasteiger partial charge in [0.1, 0.15) is 5.03 Å². The van der Waals surface area contributed by atoms with Crippen molar-refractivity contribution in [3.63, 3.8) is 0 Å². The molecule has 0 aliphatic carbocycles. The lowest BCUT2D eigenvalue weighted by atomic mass is 10.1. The van der Waals surface area contributed by atoms with Gasteiger partial charge in [-0.05, 0) is 19.4 Å². The van der Waals surface area contributed by atoms with Crippen molar-refractivity contribution >= 4 is 17.6 Å². The number of aryl methyl sites for hydroxylation is 1. The van der Waals surface area contributed by atoms with Gasteiger partial charge < -0.3 is 21.2 Å². The third-order valence-electron chi connectivity index (χ3n) is 2.41. The Morgan fingerprint density at radius 2 is 2.11 bits per heavy atom. The quantitative estimate of drug-likeness (QED) is 0.189. The molecule has 1 atom stereocenters. The number of nitrogens with two attached hydrogens (primary N) is 1. The van der Waals surface area contributed by atoms with Gasteiger partial charge in [0.05, 0.1) is 24.0 Å². The maximum Gasteiger partial charge on any atom is 0.173 e. The highest BCUT2D eigenvalue weighted by Gasteiger charge is 2.16. The largest absolute Gasteiger partial charge is 0.409 e. The van der Waals surface area contributed by atoms with Crippen molar-refractivity contribution in [2.45, 2.75) is 25.0 Å². The fourth-order valence-corrected chi connectivity index (χ4v) is 2.22. The van der Waals surface area contributed by atoms with Gasteiger partial charge in [-0.3, -0.25) is 0 Å². The molecule has 0 spiro atoms. The van der Waals surface area contributed by atoms with Crippen LogP contribution in [0.1, 0.15) is 16.8 Å². The number of aliphatic hydroxyl groups is 2. The molecule has 0 aliphatic rings. The zero-order valence-corrected chi connectivity index (χ0v) is 11.0. The maximum atomic E-state index is 9.30. The second kappa shape index (κ2) is 6.53. The van der Waals surface area contributed by atoms with Gasteiger partial charge in [-0.1, -0.05) is 5.16 Å². The van der Waals surface area contributed by atoms with Gasteiger partial charge in [0, 0.05) is 5.75 Å². The van der Waals surface area contributed by atoms with Crippen LogP contribution in [-0.2, 0) is 0 Å². The van der Waals surface area contributed by atoms with Gasteiger partial charge >= 0.3 is 0 Å². The number of hydrogen-bond acceptors (Lipinski definition) is 7. The molecule has 0 aliphatic heterocycles. The minimum atomic E-state index is -0.849. The molecule has 1 rings (SSSR count). The normalized spacial score (nSPS) is 13.7. The Morgan fingerprint density at radius 3 is 2.67 bits per heavy atom. The highest BCUT2D eigenvalue weighted by molar-refractivity contribution is 7.99. The van der Waals surface area contributed by atoms with E-state index in [1.165, 1.54) is 11.8 Å². The van der Waals surface area contributed by atoms with Gasteiger partial charge in [-0.15, -0.1) is 16.9 Å². The summed E-state index contributed by atoms with van der Waals surface area (Å²) < 4.78 is 0. The van der Waals surface area contributed by atoms with Crippen molar-refractivity contribution < 1.29 is 15.4 Å². The van der Waals surface area contributed by atoms with E-state index in [1.807, 2.05) is 0 Å². The molecule has 8 heteroatoms. The molecule has 1 aromatic rings. The molecule has 0 saturated heterocycles. The van der Waals surface area contributed by atoms with E-state index in [1.54, 1.807) is 13.8 Å². The first-order valence-electron chi connectivity index (χ1n) is 5.24. The Morgan fingerprint density at radius 1 is 1.44 bits per heavy atom. The van der Waals surface area contributed by atoms with E-state index in [-0.39, 0.29) is 18.2 Å². The van der Waals surface area contributed by atoms with Gasteiger partial charge in [0.25, 0.3) is 0 Å². The minimum Gasteiger partial charge on any atom is -0.409 e. The Balaban J connectivity index is 3.08. The van der Waals surface area contributed by atoms with Crippen molar-refractivity contribution in [2.24, 2.45) is 10.9 Å². The van der Waals surface area contributed by atoms with Crippen molar-refractivity contribution in [3.05, 3.63) is 16.8 Å². The Bertz CT molecular complexity index is 453. The summed E-state index contributed by atoms with van der Waals surface area (Å²) in [6, 6.07) is 0. The Labute approximate surface area is 109 Å². The van der Waals surface area contributed by atoms with Gasteiger partial charge in [-0.2, -0.15) is 5.10 Å². The van der Waals surface area contributed by atoms with E-state index in [4.69, 9.17) is 16.0 Å². The number of nitrogens with zero attached hydrogens (tertiary/aromatic N) is 3. The van der Waals surface area contributed by atoms with Crippen LogP contribution in [0.5, 0.6) is 0 Å². The zero-order chi connectivity index (χ0) is 13.7. The first-order valence-corrected chi connectivity index (χ1v) is 6.23. The first kappa shape index (κ1) is 14.7. The zero-order valence-electron chi connectivity index (χ0n) is 10.2. The Hall–Kier alpha value is -1.38. The van der Waals surface area contributed by atoms with E-state index in [9.17, 15) is 5.11 Å². The molecule has 1 aromatic heterocycles.